The highest BCUT2D eigenvalue weighted by molar-refractivity contribution is 5.78. The van der Waals surface area contributed by atoms with Crippen molar-refractivity contribution in [3.05, 3.63) is 0 Å². The van der Waals surface area contributed by atoms with Gasteiger partial charge in [-0.15, -0.1) is 0 Å². The fourth-order valence-corrected chi connectivity index (χ4v) is 1.47. The first-order chi connectivity index (χ1) is 5.95. The molecule has 5 heteroatoms. The Kier molecular flexibility index (Phi) is 2.56. The third-order valence-electron chi connectivity index (χ3n) is 2.37. The zero-order chi connectivity index (χ0) is 10.1. The molecule has 74 valence electrons. The van der Waals surface area contributed by atoms with Crippen LogP contribution in [-0.4, -0.2) is 17.5 Å². The highest BCUT2D eigenvalue weighted by Gasteiger charge is 2.42. The molecule has 0 aromatic carbocycles. The average molecular weight is 186 g/mol. The second-order valence-corrected chi connectivity index (χ2v) is 3.75. The van der Waals surface area contributed by atoms with Gasteiger partial charge in [0, 0.05) is 12.3 Å². The van der Waals surface area contributed by atoms with E-state index in [1.54, 1.807) is 13.8 Å². The predicted octanol–water partition coefficient (Wildman–Crippen LogP) is -0.292. The maximum atomic E-state index is 11.0. The summed E-state index contributed by atoms with van der Waals surface area (Å²) in [6.45, 7) is 3.60. The number of esters is 1. The molecule has 0 radical (unpaired) electrons. The minimum atomic E-state index is -0.552. The van der Waals surface area contributed by atoms with Crippen molar-refractivity contribution < 1.29 is 14.3 Å². The summed E-state index contributed by atoms with van der Waals surface area (Å²) in [5, 5.41) is 0. The number of hydrogen-bond acceptors (Lipinski definition) is 4. The summed E-state index contributed by atoms with van der Waals surface area (Å²) >= 11 is 0. The van der Waals surface area contributed by atoms with Crippen molar-refractivity contribution in [1.82, 2.24) is 5.43 Å². The van der Waals surface area contributed by atoms with Gasteiger partial charge in [-0.25, -0.2) is 5.84 Å². The Morgan fingerprint density at radius 3 is 2.77 bits per heavy atom. The van der Waals surface area contributed by atoms with Crippen LogP contribution in [0.25, 0.3) is 0 Å². The van der Waals surface area contributed by atoms with Crippen molar-refractivity contribution in [3.63, 3.8) is 0 Å². The van der Waals surface area contributed by atoms with Crippen molar-refractivity contribution in [2.45, 2.75) is 32.3 Å². The first kappa shape index (κ1) is 9.98. The molecule has 5 nitrogen and oxygen atoms in total. The van der Waals surface area contributed by atoms with Crippen LogP contribution in [0.1, 0.15) is 26.7 Å². The van der Waals surface area contributed by atoms with E-state index in [9.17, 15) is 9.59 Å². The Labute approximate surface area is 76.6 Å². The molecule has 0 aliphatic carbocycles. The Balaban J connectivity index is 2.60. The van der Waals surface area contributed by atoms with E-state index in [4.69, 9.17) is 10.6 Å². The quantitative estimate of drug-likeness (QED) is 0.269. The molecule has 0 aromatic heterocycles. The van der Waals surface area contributed by atoms with E-state index in [-0.39, 0.29) is 24.2 Å². The number of hydrogen-bond donors (Lipinski definition) is 2. The molecule has 1 unspecified atom stereocenters. The van der Waals surface area contributed by atoms with Crippen LogP contribution in [-0.2, 0) is 14.3 Å². The molecule has 0 spiro atoms. The van der Waals surface area contributed by atoms with E-state index >= 15 is 0 Å². The number of amides is 1. The van der Waals surface area contributed by atoms with Gasteiger partial charge < -0.3 is 4.74 Å². The van der Waals surface area contributed by atoms with E-state index < -0.39 is 5.60 Å². The highest BCUT2D eigenvalue weighted by Crippen LogP contribution is 2.34. The molecule has 1 amide bonds. The largest absolute Gasteiger partial charge is 0.459 e. The summed E-state index contributed by atoms with van der Waals surface area (Å²) in [6.07, 6.45) is 0.523. The fraction of sp³-hybridized carbons (Fsp3) is 0.750. The van der Waals surface area contributed by atoms with Gasteiger partial charge in [-0.05, 0) is 13.8 Å². The van der Waals surface area contributed by atoms with E-state index in [0.717, 1.165) is 0 Å². The number of carbonyl (C=O) groups excluding carboxylic acids is 2. The molecule has 1 fully saturated rings. The summed E-state index contributed by atoms with van der Waals surface area (Å²) in [5.41, 5.74) is 1.49. The van der Waals surface area contributed by atoms with Crippen LogP contribution < -0.4 is 11.3 Å². The zero-order valence-corrected chi connectivity index (χ0v) is 7.79. The van der Waals surface area contributed by atoms with Gasteiger partial charge in [0.2, 0.25) is 5.91 Å². The lowest BCUT2D eigenvalue weighted by molar-refractivity contribution is -0.147. The van der Waals surface area contributed by atoms with Crippen LogP contribution >= 0.6 is 0 Å². The monoisotopic (exact) mass is 186 g/mol. The lowest BCUT2D eigenvalue weighted by atomic mass is 9.88. The molecule has 1 aliphatic heterocycles. The van der Waals surface area contributed by atoms with Crippen molar-refractivity contribution in [2.24, 2.45) is 11.8 Å². The predicted molar refractivity (Wildman–Crippen MR) is 45.2 cm³/mol. The molecule has 1 atom stereocenters. The number of hydrazine groups is 1. The van der Waals surface area contributed by atoms with Gasteiger partial charge in [-0.1, -0.05) is 0 Å². The molecule has 0 aromatic rings. The van der Waals surface area contributed by atoms with Gasteiger partial charge in [0.05, 0.1) is 6.42 Å². The van der Waals surface area contributed by atoms with E-state index in [2.05, 4.69) is 0 Å². The van der Waals surface area contributed by atoms with Gasteiger partial charge in [0.1, 0.15) is 5.60 Å². The number of rotatable bonds is 2. The maximum absolute atomic E-state index is 11.0. The summed E-state index contributed by atoms with van der Waals surface area (Å²) in [4.78, 5) is 21.9. The Hall–Kier alpha value is -1.10. The van der Waals surface area contributed by atoms with Crippen molar-refractivity contribution in [1.29, 1.82) is 0 Å². The third-order valence-corrected chi connectivity index (χ3v) is 2.37. The van der Waals surface area contributed by atoms with Gasteiger partial charge in [-0.3, -0.25) is 15.0 Å². The summed E-state index contributed by atoms with van der Waals surface area (Å²) < 4.78 is 5.05. The Morgan fingerprint density at radius 2 is 2.38 bits per heavy atom. The van der Waals surface area contributed by atoms with Gasteiger partial charge in [0.15, 0.2) is 0 Å². The number of nitrogens with two attached hydrogens (primary N) is 1. The van der Waals surface area contributed by atoms with Crippen molar-refractivity contribution in [3.8, 4) is 0 Å². The molecule has 1 saturated heterocycles. The number of cyclic esters (lactones) is 1. The van der Waals surface area contributed by atoms with Crippen LogP contribution in [0.4, 0.5) is 0 Å². The van der Waals surface area contributed by atoms with Crippen molar-refractivity contribution >= 4 is 11.9 Å². The van der Waals surface area contributed by atoms with Crippen LogP contribution in [0.15, 0.2) is 0 Å². The Bertz CT molecular complexity index is 238. The normalized spacial score (nSPS) is 25.5. The minimum absolute atomic E-state index is 0.0800. The lowest BCUT2D eigenvalue weighted by Crippen LogP contribution is -2.36. The second-order valence-electron chi connectivity index (χ2n) is 3.75. The molecular formula is C8H14N2O3. The number of carbonyl (C=O) groups is 2. The third kappa shape index (κ3) is 2.18. The summed E-state index contributed by atoms with van der Waals surface area (Å²) in [7, 11) is 0. The molecule has 0 saturated carbocycles. The van der Waals surface area contributed by atoms with Crippen molar-refractivity contribution in [2.75, 3.05) is 0 Å². The fourth-order valence-electron chi connectivity index (χ4n) is 1.47. The van der Waals surface area contributed by atoms with Crippen LogP contribution in [0, 0.1) is 5.92 Å². The summed E-state index contributed by atoms with van der Waals surface area (Å²) in [5.74, 6) is 4.35. The molecule has 1 rings (SSSR count). The SMILES string of the molecule is CC1(C)OC(=O)CC1CC(=O)NN. The topological polar surface area (TPSA) is 81.4 Å². The van der Waals surface area contributed by atoms with E-state index in [1.165, 1.54) is 0 Å². The first-order valence-electron chi connectivity index (χ1n) is 4.17. The molecule has 3 N–H and O–H groups in total. The zero-order valence-electron chi connectivity index (χ0n) is 7.79. The number of ether oxygens (including phenoxy) is 1. The molecule has 1 heterocycles. The first-order valence-corrected chi connectivity index (χ1v) is 4.17. The van der Waals surface area contributed by atoms with Gasteiger partial charge >= 0.3 is 5.97 Å². The van der Waals surface area contributed by atoms with Crippen LogP contribution in [0.2, 0.25) is 0 Å². The molecule has 13 heavy (non-hydrogen) atoms. The van der Waals surface area contributed by atoms with E-state index in [1.807, 2.05) is 5.43 Å². The molecule has 0 bridgehead atoms. The molecular weight excluding hydrogens is 172 g/mol. The minimum Gasteiger partial charge on any atom is -0.459 e. The highest BCUT2D eigenvalue weighted by atomic mass is 16.6. The standard InChI is InChI=1S/C8H14N2O3/c1-8(2)5(3-6(11)10-9)4-7(12)13-8/h5H,3-4,9H2,1-2H3,(H,10,11). The summed E-state index contributed by atoms with van der Waals surface area (Å²) in [6, 6.07) is 0. The smallest absolute Gasteiger partial charge is 0.306 e. The Morgan fingerprint density at radius 1 is 1.77 bits per heavy atom. The van der Waals surface area contributed by atoms with Gasteiger partial charge in [-0.2, -0.15) is 0 Å². The lowest BCUT2D eigenvalue weighted by Gasteiger charge is -2.23. The second kappa shape index (κ2) is 3.33. The van der Waals surface area contributed by atoms with Crippen LogP contribution in [0.3, 0.4) is 0 Å². The van der Waals surface area contributed by atoms with E-state index in [0.29, 0.717) is 6.42 Å². The van der Waals surface area contributed by atoms with Crippen LogP contribution in [0.5, 0.6) is 0 Å². The number of nitrogens with one attached hydrogen (secondary N) is 1. The van der Waals surface area contributed by atoms with Gasteiger partial charge in [0.25, 0.3) is 0 Å². The average Bonchev–Trinajstić information content (AvgIpc) is 2.24. The maximum Gasteiger partial charge on any atom is 0.306 e. The molecule has 1 aliphatic rings.